The van der Waals surface area contributed by atoms with Crippen molar-refractivity contribution in [3.05, 3.63) is 12.5 Å². The van der Waals surface area contributed by atoms with Crippen molar-refractivity contribution in [3.63, 3.8) is 0 Å². The summed E-state index contributed by atoms with van der Waals surface area (Å²) >= 11 is 0. The first kappa shape index (κ1) is 14.5. The van der Waals surface area contributed by atoms with Gasteiger partial charge in [0, 0.05) is 18.7 Å². The molecular formula is C13H23N3O2. The minimum Gasteiger partial charge on any atom is -0.503 e. The van der Waals surface area contributed by atoms with Gasteiger partial charge in [0.15, 0.2) is 0 Å². The van der Waals surface area contributed by atoms with Gasteiger partial charge in [-0.05, 0) is 19.8 Å². The van der Waals surface area contributed by atoms with Crippen LogP contribution in [0.4, 0.5) is 0 Å². The van der Waals surface area contributed by atoms with Crippen LogP contribution in [0.15, 0.2) is 17.5 Å². The van der Waals surface area contributed by atoms with Crippen LogP contribution in [-0.2, 0) is 9.53 Å². The summed E-state index contributed by atoms with van der Waals surface area (Å²) in [6, 6.07) is 0. The highest BCUT2D eigenvalue weighted by Crippen LogP contribution is 2.23. The molecule has 0 saturated heterocycles. The van der Waals surface area contributed by atoms with Crippen LogP contribution in [0.2, 0.25) is 0 Å². The Balaban J connectivity index is 2.46. The van der Waals surface area contributed by atoms with E-state index in [2.05, 4.69) is 15.6 Å². The second kappa shape index (κ2) is 8.55. The summed E-state index contributed by atoms with van der Waals surface area (Å²) < 4.78 is 4.78. The Morgan fingerprint density at radius 1 is 1.39 bits per heavy atom. The van der Waals surface area contributed by atoms with E-state index in [1.54, 1.807) is 13.3 Å². The van der Waals surface area contributed by atoms with Crippen LogP contribution < -0.4 is 10.6 Å². The van der Waals surface area contributed by atoms with Gasteiger partial charge in [0.2, 0.25) is 11.9 Å². The normalized spacial score (nSPS) is 17.8. The summed E-state index contributed by atoms with van der Waals surface area (Å²) in [5.41, 5.74) is 0. The first-order chi connectivity index (χ1) is 8.77. The first-order valence-corrected chi connectivity index (χ1v) is 6.57. The second-order valence-corrected chi connectivity index (χ2v) is 4.33. The van der Waals surface area contributed by atoms with Gasteiger partial charge < -0.3 is 10.1 Å². The van der Waals surface area contributed by atoms with Crippen LogP contribution in [0.3, 0.4) is 0 Å². The maximum atomic E-state index is 12.0. The summed E-state index contributed by atoms with van der Waals surface area (Å²) in [6.45, 7) is 2.54. The van der Waals surface area contributed by atoms with Crippen LogP contribution in [0.25, 0.3) is 0 Å². The molecular weight excluding hydrogens is 230 g/mol. The van der Waals surface area contributed by atoms with Crippen molar-refractivity contribution in [2.75, 3.05) is 13.7 Å². The predicted molar refractivity (Wildman–Crippen MR) is 72.0 cm³/mol. The smallest absolute Gasteiger partial charge is 0.229 e. The highest BCUT2D eigenvalue weighted by Gasteiger charge is 2.21. The maximum Gasteiger partial charge on any atom is 0.229 e. The van der Waals surface area contributed by atoms with Gasteiger partial charge in [-0.1, -0.05) is 19.3 Å². The molecule has 1 fully saturated rings. The van der Waals surface area contributed by atoms with E-state index in [0.29, 0.717) is 12.5 Å². The topological polar surface area (TPSA) is 62.7 Å². The predicted octanol–water partition coefficient (Wildman–Crippen LogP) is 1.77. The van der Waals surface area contributed by atoms with Crippen molar-refractivity contribution in [2.45, 2.75) is 39.0 Å². The molecule has 0 spiro atoms. The molecule has 0 unspecified atom stereocenters. The molecule has 1 amide bonds. The lowest BCUT2D eigenvalue weighted by atomic mass is 9.89. The number of hydrogen-bond donors (Lipinski definition) is 2. The van der Waals surface area contributed by atoms with E-state index in [1.807, 2.05) is 6.92 Å². The summed E-state index contributed by atoms with van der Waals surface area (Å²) in [6.07, 6.45) is 8.62. The molecule has 102 valence electrons. The van der Waals surface area contributed by atoms with Gasteiger partial charge in [0.1, 0.15) is 0 Å². The molecule has 0 atom stereocenters. The number of amides is 1. The van der Waals surface area contributed by atoms with Gasteiger partial charge >= 0.3 is 0 Å². The molecule has 0 heterocycles. The minimum absolute atomic E-state index is 0.0696. The number of rotatable bonds is 4. The van der Waals surface area contributed by atoms with Crippen LogP contribution in [0.1, 0.15) is 39.0 Å². The molecule has 1 rings (SSSR count). The number of methoxy groups -OCH3 is 1. The molecule has 0 aromatic rings. The number of carbonyl (C=O) groups is 1. The van der Waals surface area contributed by atoms with Gasteiger partial charge in [-0.2, -0.15) is 0 Å². The van der Waals surface area contributed by atoms with Crippen molar-refractivity contribution < 1.29 is 9.53 Å². The summed E-state index contributed by atoms with van der Waals surface area (Å²) in [4.78, 5) is 16.2. The van der Waals surface area contributed by atoms with E-state index in [-0.39, 0.29) is 11.8 Å². The number of nitrogens with one attached hydrogen (secondary N) is 2. The van der Waals surface area contributed by atoms with Crippen LogP contribution in [0, 0.1) is 5.92 Å². The fraction of sp³-hybridized carbons (Fsp3) is 0.692. The van der Waals surface area contributed by atoms with E-state index < -0.39 is 0 Å². The van der Waals surface area contributed by atoms with Crippen LogP contribution >= 0.6 is 0 Å². The summed E-state index contributed by atoms with van der Waals surface area (Å²) in [5.74, 6) is 0.690. The first-order valence-electron chi connectivity index (χ1n) is 6.57. The molecule has 1 aliphatic carbocycles. The third-order valence-electron chi connectivity index (χ3n) is 2.96. The molecule has 18 heavy (non-hydrogen) atoms. The van der Waals surface area contributed by atoms with Gasteiger partial charge in [0.25, 0.3) is 0 Å². The van der Waals surface area contributed by atoms with E-state index >= 15 is 0 Å². The van der Waals surface area contributed by atoms with Crippen LogP contribution in [0.5, 0.6) is 0 Å². The highest BCUT2D eigenvalue weighted by atomic mass is 16.5. The van der Waals surface area contributed by atoms with Crippen LogP contribution in [-0.4, -0.2) is 25.5 Å². The van der Waals surface area contributed by atoms with E-state index in [4.69, 9.17) is 4.74 Å². The van der Waals surface area contributed by atoms with Crippen molar-refractivity contribution in [3.8, 4) is 0 Å². The molecule has 1 aliphatic rings. The average Bonchev–Trinajstić information content (AvgIpc) is 2.40. The third kappa shape index (κ3) is 5.21. The Morgan fingerprint density at radius 3 is 2.72 bits per heavy atom. The molecule has 5 heteroatoms. The van der Waals surface area contributed by atoms with Gasteiger partial charge in [0.05, 0.1) is 13.4 Å². The molecule has 5 nitrogen and oxygen atoms in total. The maximum absolute atomic E-state index is 12.0. The second-order valence-electron chi connectivity index (χ2n) is 4.33. The SMILES string of the molecule is CCN=C(N/C=C\OC)NC(=O)C1CCCCC1. The molecule has 1 saturated carbocycles. The zero-order valence-electron chi connectivity index (χ0n) is 11.2. The Kier molecular flexibility index (Phi) is 6.91. The molecule has 0 aromatic carbocycles. The lowest BCUT2D eigenvalue weighted by Gasteiger charge is -2.21. The lowest BCUT2D eigenvalue weighted by Crippen LogP contribution is -2.42. The quantitative estimate of drug-likeness (QED) is 0.456. The number of hydrogen-bond acceptors (Lipinski definition) is 3. The van der Waals surface area contributed by atoms with Gasteiger partial charge in [-0.25, -0.2) is 0 Å². The summed E-state index contributed by atoms with van der Waals surface area (Å²) in [5, 5.41) is 5.74. The third-order valence-corrected chi connectivity index (χ3v) is 2.96. The molecule has 0 bridgehead atoms. The van der Waals surface area contributed by atoms with E-state index in [1.165, 1.54) is 12.7 Å². The van der Waals surface area contributed by atoms with Crippen molar-refractivity contribution in [1.82, 2.24) is 10.6 Å². The Hall–Kier alpha value is -1.52. The van der Waals surface area contributed by atoms with Crippen molar-refractivity contribution in [2.24, 2.45) is 10.9 Å². The molecule has 2 N–H and O–H groups in total. The monoisotopic (exact) mass is 253 g/mol. The zero-order chi connectivity index (χ0) is 13.2. The molecule has 0 aromatic heterocycles. The van der Waals surface area contributed by atoms with E-state index in [0.717, 1.165) is 25.7 Å². The van der Waals surface area contributed by atoms with E-state index in [9.17, 15) is 4.79 Å². The van der Waals surface area contributed by atoms with Gasteiger partial charge in [-0.15, -0.1) is 0 Å². The standard InChI is InChI=1S/C13H23N3O2/c1-3-14-13(15-9-10-18-2)16-12(17)11-7-5-4-6-8-11/h9-11H,3-8H2,1-2H3,(H2,14,15,16,17)/b10-9-. The summed E-state index contributed by atoms with van der Waals surface area (Å²) in [7, 11) is 1.56. The largest absolute Gasteiger partial charge is 0.503 e. The minimum atomic E-state index is 0.0696. The average molecular weight is 253 g/mol. The number of ether oxygens (including phenoxy) is 1. The fourth-order valence-corrected chi connectivity index (χ4v) is 2.04. The van der Waals surface area contributed by atoms with Gasteiger partial charge in [-0.3, -0.25) is 15.1 Å². The lowest BCUT2D eigenvalue weighted by molar-refractivity contribution is -0.124. The van der Waals surface area contributed by atoms with Crippen molar-refractivity contribution in [1.29, 1.82) is 0 Å². The fourth-order valence-electron chi connectivity index (χ4n) is 2.04. The number of carbonyl (C=O) groups excluding carboxylic acids is 1. The number of aliphatic imine (C=N–C) groups is 1. The number of guanidine groups is 1. The zero-order valence-corrected chi connectivity index (χ0v) is 11.2. The Labute approximate surface area is 109 Å². The van der Waals surface area contributed by atoms with Crippen molar-refractivity contribution >= 4 is 11.9 Å². The Bertz CT molecular complexity index is 307. The molecule has 0 radical (unpaired) electrons. The number of nitrogens with zero attached hydrogens (tertiary/aromatic N) is 1. The Morgan fingerprint density at radius 2 is 2.11 bits per heavy atom. The molecule has 0 aliphatic heterocycles. The highest BCUT2D eigenvalue weighted by molar-refractivity contribution is 5.98.